The molecule has 1 aliphatic heterocycles. The van der Waals surface area contributed by atoms with Crippen LogP contribution in [0, 0.1) is 5.82 Å². The van der Waals surface area contributed by atoms with Gasteiger partial charge < -0.3 is 24.3 Å². The molecule has 0 radical (unpaired) electrons. The number of hydrogen-bond acceptors (Lipinski definition) is 5. The Bertz CT molecular complexity index is 1140. The van der Waals surface area contributed by atoms with Crippen molar-refractivity contribution in [2.45, 2.75) is 95.7 Å². The van der Waals surface area contributed by atoms with E-state index in [1.165, 1.54) is 12.1 Å². The van der Waals surface area contributed by atoms with Crippen molar-refractivity contribution >= 4 is 5.91 Å². The van der Waals surface area contributed by atoms with E-state index in [0.29, 0.717) is 5.56 Å². The molecule has 2 aliphatic rings. The van der Waals surface area contributed by atoms with E-state index in [2.05, 4.69) is 5.32 Å². The fourth-order valence-electron chi connectivity index (χ4n) is 4.97. The molecular formula is C28H33F4NO5. The van der Waals surface area contributed by atoms with E-state index >= 15 is 0 Å². The smallest absolute Gasteiger partial charge is 0.371 e. The van der Waals surface area contributed by atoms with Crippen molar-refractivity contribution in [3.05, 3.63) is 71.0 Å². The first kappa shape index (κ1) is 28.5. The lowest BCUT2D eigenvalue weighted by Gasteiger charge is -2.43. The molecule has 1 saturated heterocycles. The van der Waals surface area contributed by atoms with Gasteiger partial charge >= 0.3 is 6.18 Å². The molecule has 1 amide bonds. The van der Waals surface area contributed by atoms with E-state index in [-0.39, 0.29) is 37.7 Å². The highest BCUT2D eigenvalue weighted by molar-refractivity contribution is 5.85. The summed E-state index contributed by atoms with van der Waals surface area (Å²) in [6.07, 6.45) is -6.22. The van der Waals surface area contributed by atoms with Gasteiger partial charge in [0.1, 0.15) is 11.9 Å². The molecule has 2 fully saturated rings. The maximum absolute atomic E-state index is 14.4. The third-order valence-corrected chi connectivity index (χ3v) is 6.66. The number of carbonyl (C=O) groups excluding carboxylic acids is 1. The summed E-state index contributed by atoms with van der Waals surface area (Å²) in [6.45, 7) is 6.80. The van der Waals surface area contributed by atoms with Gasteiger partial charge in [0, 0.05) is 24.4 Å². The Balaban J connectivity index is 1.62. The second kappa shape index (κ2) is 10.9. The van der Waals surface area contributed by atoms with Crippen LogP contribution in [0.4, 0.5) is 17.6 Å². The van der Waals surface area contributed by atoms with Crippen LogP contribution in [0.1, 0.15) is 57.2 Å². The molecule has 4 atom stereocenters. The van der Waals surface area contributed by atoms with E-state index < -0.39 is 53.2 Å². The van der Waals surface area contributed by atoms with E-state index in [9.17, 15) is 22.4 Å². The number of alkyl halides is 3. The summed E-state index contributed by atoms with van der Waals surface area (Å²) >= 11 is 0. The minimum Gasteiger partial charge on any atom is -0.371 e. The fourth-order valence-corrected chi connectivity index (χ4v) is 4.97. The SMILES string of the molecule is CC(C)NC(=O)[C@@]1(OCc2ccccc2F)C[C@H](OCc2cccc(C(F)(F)F)c2)[C@@H]2OC(C)(C)O[C@@H]2C1. The summed E-state index contributed by atoms with van der Waals surface area (Å²) in [5.41, 5.74) is -1.61. The van der Waals surface area contributed by atoms with Gasteiger partial charge in [-0.05, 0) is 51.5 Å². The average Bonchev–Trinajstić information content (AvgIpc) is 3.15. The molecule has 0 bridgehead atoms. The van der Waals surface area contributed by atoms with Gasteiger partial charge in [-0.3, -0.25) is 4.79 Å². The minimum atomic E-state index is -4.48. The molecule has 2 aromatic carbocycles. The Kier molecular flexibility index (Phi) is 8.18. The molecule has 1 saturated carbocycles. The number of rotatable bonds is 8. The van der Waals surface area contributed by atoms with Gasteiger partial charge in [0.2, 0.25) is 0 Å². The number of hydrogen-bond donors (Lipinski definition) is 1. The van der Waals surface area contributed by atoms with Crippen LogP contribution in [0.3, 0.4) is 0 Å². The molecule has 10 heteroatoms. The maximum atomic E-state index is 14.4. The van der Waals surface area contributed by atoms with E-state index in [1.807, 2.05) is 13.8 Å². The highest BCUT2D eigenvalue weighted by Crippen LogP contribution is 2.44. The zero-order valence-corrected chi connectivity index (χ0v) is 21.8. The van der Waals surface area contributed by atoms with Crippen molar-refractivity contribution in [3.63, 3.8) is 0 Å². The van der Waals surface area contributed by atoms with Crippen LogP contribution < -0.4 is 5.32 Å². The number of amides is 1. The predicted octanol–water partition coefficient (Wildman–Crippen LogP) is 5.52. The van der Waals surface area contributed by atoms with Gasteiger partial charge in [0.25, 0.3) is 5.91 Å². The van der Waals surface area contributed by atoms with Crippen LogP contribution in [-0.2, 0) is 43.1 Å². The van der Waals surface area contributed by atoms with Crippen LogP contribution in [0.25, 0.3) is 0 Å². The number of fused-ring (bicyclic) bond motifs is 1. The zero-order valence-electron chi connectivity index (χ0n) is 21.8. The van der Waals surface area contributed by atoms with Gasteiger partial charge in [0.05, 0.1) is 31.0 Å². The van der Waals surface area contributed by atoms with Crippen molar-refractivity contribution in [1.82, 2.24) is 5.32 Å². The number of carbonyl (C=O) groups is 1. The Hall–Kier alpha value is -2.53. The number of nitrogens with one attached hydrogen (secondary N) is 1. The van der Waals surface area contributed by atoms with Crippen molar-refractivity contribution < 1.29 is 41.3 Å². The highest BCUT2D eigenvalue weighted by Gasteiger charge is 2.58. The second-order valence-corrected chi connectivity index (χ2v) is 10.6. The minimum absolute atomic E-state index is 0.0412. The quantitative estimate of drug-likeness (QED) is 0.448. The summed E-state index contributed by atoms with van der Waals surface area (Å²) in [7, 11) is 0. The Morgan fingerprint density at radius 1 is 1.08 bits per heavy atom. The Morgan fingerprint density at radius 3 is 2.50 bits per heavy atom. The summed E-state index contributed by atoms with van der Waals surface area (Å²) in [6, 6.07) is 10.8. The molecule has 1 heterocycles. The zero-order chi connectivity index (χ0) is 27.7. The van der Waals surface area contributed by atoms with Gasteiger partial charge in [-0.25, -0.2) is 4.39 Å². The van der Waals surface area contributed by atoms with Crippen molar-refractivity contribution in [3.8, 4) is 0 Å². The third kappa shape index (κ3) is 6.54. The average molecular weight is 540 g/mol. The first-order valence-corrected chi connectivity index (χ1v) is 12.6. The maximum Gasteiger partial charge on any atom is 0.416 e. The van der Waals surface area contributed by atoms with Crippen molar-refractivity contribution in [1.29, 1.82) is 0 Å². The Labute approximate surface area is 219 Å². The largest absolute Gasteiger partial charge is 0.416 e. The molecule has 208 valence electrons. The third-order valence-electron chi connectivity index (χ3n) is 6.66. The van der Waals surface area contributed by atoms with Gasteiger partial charge in [-0.2, -0.15) is 13.2 Å². The monoisotopic (exact) mass is 539 g/mol. The highest BCUT2D eigenvalue weighted by atomic mass is 19.4. The van der Waals surface area contributed by atoms with Gasteiger partial charge in [0.15, 0.2) is 11.4 Å². The predicted molar refractivity (Wildman–Crippen MR) is 130 cm³/mol. The van der Waals surface area contributed by atoms with Gasteiger partial charge in [-0.15, -0.1) is 0 Å². The normalized spacial score (nSPS) is 26.8. The van der Waals surface area contributed by atoms with Gasteiger partial charge in [-0.1, -0.05) is 30.3 Å². The first-order chi connectivity index (χ1) is 17.8. The lowest BCUT2D eigenvalue weighted by molar-refractivity contribution is -0.184. The van der Waals surface area contributed by atoms with Crippen LogP contribution in [-0.4, -0.2) is 41.6 Å². The Morgan fingerprint density at radius 2 is 1.82 bits per heavy atom. The molecule has 0 aromatic heterocycles. The molecule has 1 N–H and O–H groups in total. The van der Waals surface area contributed by atoms with E-state index in [1.54, 1.807) is 38.1 Å². The lowest BCUT2D eigenvalue weighted by Crippen LogP contribution is -2.60. The molecular weight excluding hydrogens is 506 g/mol. The summed E-state index contributed by atoms with van der Waals surface area (Å²) < 4.78 is 78.5. The molecule has 4 rings (SSSR count). The fraction of sp³-hybridized carbons (Fsp3) is 0.536. The van der Waals surface area contributed by atoms with Crippen LogP contribution in [0.5, 0.6) is 0 Å². The molecule has 38 heavy (non-hydrogen) atoms. The van der Waals surface area contributed by atoms with Crippen LogP contribution in [0.2, 0.25) is 0 Å². The number of halogens is 4. The van der Waals surface area contributed by atoms with Crippen molar-refractivity contribution in [2.24, 2.45) is 0 Å². The molecule has 0 unspecified atom stereocenters. The number of ether oxygens (including phenoxy) is 4. The van der Waals surface area contributed by atoms with Crippen LogP contribution in [0.15, 0.2) is 48.5 Å². The summed E-state index contributed by atoms with van der Waals surface area (Å²) in [4.78, 5) is 13.6. The van der Waals surface area contributed by atoms with E-state index in [0.717, 1.165) is 12.1 Å². The van der Waals surface area contributed by atoms with Crippen molar-refractivity contribution in [2.75, 3.05) is 0 Å². The number of benzene rings is 2. The molecule has 1 aliphatic carbocycles. The van der Waals surface area contributed by atoms with E-state index in [4.69, 9.17) is 18.9 Å². The standard InChI is InChI=1S/C28H33F4NO5/c1-17(2)33-25(34)27(36-16-19-9-5-6-11-21(19)29)13-22(24-23(14-27)37-26(3,4)38-24)35-15-18-8-7-10-20(12-18)28(30,31)32/h5-12,17,22-24H,13-16H2,1-4H3,(H,33,34)/t22-,23+,24-,27+/m0/s1. The topological polar surface area (TPSA) is 66.0 Å². The molecule has 6 nitrogen and oxygen atoms in total. The molecule has 0 spiro atoms. The lowest BCUT2D eigenvalue weighted by atomic mass is 9.78. The molecule has 2 aromatic rings. The summed E-state index contributed by atoms with van der Waals surface area (Å²) in [5.74, 6) is -1.83. The van der Waals surface area contributed by atoms with Crippen LogP contribution >= 0.6 is 0 Å². The first-order valence-electron chi connectivity index (χ1n) is 12.6. The second-order valence-electron chi connectivity index (χ2n) is 10.6. The summed E-state index contributed by atoms with van der Waals surface area (Å²) in [5, 5.41) is 2.89.